The molecule has 2 heterocycles. The normalized spacial score (nSPS) is 24.4. The van der Waals surface area contributed by atoms with E-state index in [1.54, 1.807) is 0 Å². The number of rotatable bonds is 5. The Labute approximate surface area is 171 Å². The molecule has 2 fully saturated rings. The van der Waals surface area contributed by atoms with Gasteiger partial charge in [0, 0.05) is 29.2 Å². The van der Waals surface area contributed by atoms with Gasteiger partial charge in [0.2, 0.25) is 5.91 Å². The van der Waals surface area contributed by atoms with Gasteiger partial charge >= 0.3 is 0 Å². The van der Waals surface area contributed by atoms with Gasteiger partial charge in [-0.15, -0.1) is 0 Å². The first kappa shape index (κ1) is 18.6. The molecule has 4 unspecified atom stereocenters. The zero-order chi connectivity index (χ0) is 20.1. The van der Waals surface area contributed by atoms with Crippen LogP contribution in [-0.2, 0) is 11.2 Å². The quantitative estimate of drug-likeness (QED) is 0.704. The molecule has 5 rings (SSSR count). The van der Waals surface area contributed by atoms with Gasteiger partial charge in [-0.2, -0.15) is 5.10 Å². The topological polar surface area (TPSA) is 59.3 Å². The summed E-state index contributed by atoms with van der Waals surface area (Å²) in [6.45, 7) is 6.32. The van der Waals surface area contributed by atoms with Crippen LogP contribution in [0.3, 0.4) is 0 Å². The Morgan fingerprint density at radius 2 is 2.07 bits per heavy atom. The molecule has 2 aliphatic carbocycles. The number of nitrogens with one attached hydrogen (secondary N) is 1. The third-order valence-electron chi connectivity index (χ3n) is 7.44. The summed E-state index contributed by atoms with van der Waals surface area (Å²) in [5, 5.41) is 9.08. The SMILES string of the molecule is Cc1nc2c3ccccc3nn2c(C)c1CCC(=O)NC(C)C1CC2CCC1C2. The highest BCUT2D eigenvalue weighted by molar-refractivity contribution is 5.92. The Hall–Kier alpha value is -2.43. The lowest BCUT2D eigenvalue weighted by atomic mass is 9.84. The van der Waals surface area contributed by atoms with Crippen LogP contribution in [-0.4, -0.2) is 26.5 Å². The first-order valence-electron chi connectivity index (χ1n) is 11.0. The fourth-order valence-electron chi connectivity index (χ4n) is 5.92. The van der Waals surface area contributed by atoms with Gasteiger partial charge in [-0.3, -0.25) is 4.79 Å². The van der Waals surface area contributed by atoms with Crippen LogP contribution in [0, 0.1) is 31.6 Å². The zero-order valence-corrected chi connectivity index (χ0v) is 17.6. The number of amides is 1. The second kappa shape index (κ2) is 7.12. The molecule has 5 heteroatoms. The van der Waals surface area contributed by atoms with Gasteiger partial charge in [-0.05, 0) is 81.9 Å². The molecule has 0 radical (unpaired) electrons. The van der Waals surface area contributed by atoms with E-state index in [-0.39, 0.29) is 11.9 Å². The minimum atomic E-state index is 0.157. The summed E-state index contributed by atoms with van der Waals surface area (Å²) < 4.78 is 1.93. The number of fused-ring (bicyclic) bond motifs is 5. The molecule has 29 heavy (non-hydrogen) atoms. The van der Waals surface area contributed by atoms with Crippen LogP contribution in [0.25, 0.3) is 16.6 Å². The summed E-state index contributed by atoms with van der Waals surface area (Å²) in [6.07, 6.45) is 6.65. The molecule has 0 spiro atoms. The Morgan fingerprint density at radius 1 is 1.24 bits per heavy atom. The van der Waals surface area contributed by atoms with Crippen LogP contribution in [0.4, 0.5) is 0 Å². The van der Waals surface area contributed by atoms with Crippen LogP contribution in [0.5, 0.6) is 0 Å². The highest BCUT2D eigenvalue weighted by atomic mass is 16.1. The third-order valence-corrected chi connectivity index (χ3v) is 7.44. The monoisotopic (exact) mass is 390 g/mol. The van der Waals surface area contributed by atoms with E-state index in [2.05, 4.69) is 25.2 Å². The molecule has 152 valence electrons. The van der Waals surface area contributed by atoms with Crippen molar-refractivity contribution in [2.24, 2.45) is 17.8 Å². The van der Waals surface area contributed by atoms with E-state index in [0.717, 1.165) is 45.3 Å². The van der Waals surface area contributed by atoms with E-state index in [1.165, 1.54) is 25.7 Å². The molecule has 2 saturated carbocycles. The molecule has 2 aromatic heterocycles. The van der Waals surface area contributed by atoms with Crippen LogP contribution in [0.15, 0.2) is 24.3 Å². The van der Waals surface area contributed by atoms with Crippen molar-refractivity contribution in [2.45, 2.75) is 65.3 Å². The van der Waals surface area contributed by atoms with E-state index in [1.807, 2.05) is 29.6 Å². The predicted octanol–water partition coefficient (Wildman–Crippen LogP) is 4.37. The number of benzene rings is 1. The minimum Gasteiger partial charge on any atom is -0.353 e. The minimum absolute atomic E-state index is 0.157. The standard InChI is InChI=1S/C24H30N4O/c1-14-19(16(3)28-24(26-14)20-6-4-5-7-22(20)27-28)10-11-23(29)25-15(2)21-13-17-8-9-18(21)12-17/h4-7,15,17-18,21H,8-13H2,1-3H3,(H,25,29). The first-order chi connectivity index (χ1) is 14.0. The maximum absolute atomic E-state index is 12.7. The molecule has 5 nitrogen and oxygen atoms in total. The fraction of sp³-hybridized carbons (Fsp3) is 0.542. The number of aryl methyl sites for hydroxylation is 2. The Bertz CT molecular complexity index is 1090. The van der Waals surface area contributed by atoms with Crippen molar-refractivity contribution in [1.82, 2.24) is 19.9 Å². The second-order valence-corrected chi connectivity index (χ2v) is 9.21. The molecule has 1 N–H and O–H groups in total. The molecule has 4 atom stereocenters. The van der Waals surface area contributed by atoms with Crippen LogP contribution >= 0.6 is 0 Å². The predicted molar refractivity (Wildman–Crippen MR) is 115 cm³/mol. The number of nitrogens with zero attached hydrogens (tertiary/aromatic N) is 3. The van der Waals surface area contributed by atoms with Gasteiger partial charge in [0.25, 0.3) is 0 Å². The summed E-state index contributed by atoms with van der Waals surface area (Å²) in [5.41, 5.74) is 5.06. The summed E-state index contributed by atoms with van der Waals surface area (Å²) in [5.74, 6) is 2.58. The number of carbonyl (C=O) groups is 1. The van der Waals surface area contributed by atoms with E-state index >= 15 is 0 Å². The molecular weight excluding hydrogens is 360 g/mol. The van der Waals surface area contributed by atoms with E-state index in [4.69, 9.17) is 10.1 Å². The van der Waals surface area contributed by atoms with Crippen molar-refractivity contribution in [2.75, 3.05) is 0 Å². The number of hydrogen-bond donors (Lipinski definition) is 1. The van der Waals surface area contributed by atoms with E-state index < -0.39 is 0 Å². The molecule has 0 saturated heterocycles. The lowest BCUT2D eigenvalue weighted by molar-refractivity contribution is -0.122. The van der Waals surface area contributed by atoms with Gasteiger partial charge in [-0.1, -0.05) is 18.6 Å². The number of carbonyl (C=O) groups excluding carboxylic acids is 1. The smallest absolute Gasteiger partial charge is 0.220 e. The number of aromatic nitrogens is 3. The Kier molecular flexibility index (Phi) is 4.56. The Morgan fingerprint density at radius 3 is 2.83 bits per heavy atom. The molecule has 1 aromatic carbocycles. The zero-order valence-electron chi connectivity index (χ0n) is 17.6. The summed E-state index contributed by atoms with van der Waals surface area (Å²) >= 11 is 0. The van der Waals surface area contributed by atoms with Crippen molar-refractivity contribution < 1.29 is 4.79 Å². The number of hydrogen-bond acceptors (Lipinski definition) is 3. The van der Waals surface area contributed by atoms with Crippen molar-refractivity contribution in [3.8, 4) is 0 Å². The van der Waals surface area contributed by atoms with Crippen molar-refractivity contribution in [3.05, 3.63) is 41.2 Å². The lowest BCUT2D eigenvalue weighted by Crippen LogP contribution is -2.40. The molecule has 3 aromatic rings. The van der Waals surface area contributed by atoms with Crippen LogP contribution in [0.2, 0.25) is 0 Å². The molecular formula is C24H30N4O. The van der Waals surface area contributed by atoms with Crippen molar-refractivity contribution in [1.29, 1.82) is 0 Å². The third kappa shape index (κ3) is 3.21. The van der Waals surface area contributed by atoms with Gasteiger partial charge < -0.3 is 5.32 Å². The summed E-state index contributed by atoms with van der Waals surface area (Å²) in [6, 6.07) is 8.39. The van der Waals surface area contributed by atoms with Gasteiger partial charge in [0.15, 0.2) is 5.65 Å². The van der Waals surface area contributed by atoms with Gasteiger partial charge in [0.05, 0.1) is 5.52 Å². The summed E-state index contributed by atoms with van der Waals surface area (Å²) in [4.78, 5) is 17.5. The average Bonchev–Trinajstić information content (AvgIpc) is 3.42. The molecule has 1 amide bonds. The Balaban J connectivity index is 1.30. The van der Waals surface area contributed by atoms with Crippen molar-refractivity contribution >= 4 is 22.5 Å². The van der Waals surface area contributed by atoms with E-state index in [9.17, 15) is 4.79 Å². The first-order valence-corrected chi connectivity index (χ1v) is 11.0. The largest absolute Gasteiger partial charge is 0.353 e. The van der Waals surface area contributed by atoms with Crippen LogP contribution < -0.4 is 5.32 Å². The highest BCUT2D eigenvalue weighted by Crippen LogP contribution is 2.49. The second-order valence-electron chi connectivity index (χ2n) is 9.21. The maximum atomic E-state index is 12.7. The maximum Gasteiger partial charge on any atom is 0.220 e. The molecule has 2 bridgehead atoms. The van der Waals surface area contributed by atoms with Crippen molar-refractivity contribution in [3.63, 3.8) is 0 Å². The highest BCUT2D eigenvalue weighted by Gasteiger charge is 2.42. The lowest BCUT2D eigenvalue weighted by Gasteiger charge is -2.28. The molecule has 0 aliphatic heterocycles. The summed E-state index contributed by atoms with van der Waals surface area (Å²) in [7, 11) is 0. The van der Waals surface area contributed by atoms with E-state index in [0.29, 0.717) is 18.8 Å². The van der Waals surface area contributed by atoms with Gasteiger partial charge in [-0.25, -0.2) is 9.50 Å². The molecule has 2 aliphatic rings. The fourth-order valence-corrected chi connectivity index (χ4v) is 5.92. The average molecular weight is 391 g/mol. The van der Waals surface area contributed by atoms with Gasteiger partial charge in [0.1, 0.15) is 0 Å². The van der Waals surface area contributed by atoms with Crippen LogP contribution in [0.1, 0.15) is 56.0 Å².